The Bertz CT molecular complexity index is 1060. The lowest BCUT2D eigenvalue weighted by molar-refractivity contribution is 0.415. The molecular weight excluding hydrogens is 487 g/mol. The van der Waals surface area contributed by atoms with Gasteiger partial charge in [0.15, 0.2) is 0 Å². The molecule has 0 aliphatic rings. The summed E-state index contributed by atoms with van der Waals surface area (Å²) < 4.78 is 5.38. The highest BCUT2D eigenvalue weighted by Crippen LogP contribution is 2.27. The topological polar surface area (TPSA) is 59.1 Å². The fourth-order valence-corrected chi connectivity index (χ4v) is 3.01. The highest BCUT2D eigenvalue weighted by Gasteiger charge is 2.09. The number of aromatic nitrogens is 2. The summed E-state index contributed by atoms with van der Waals surface area (Å²) in [5, 5.41) is 7.71. The van der Waals surface area contributed by atoms with Gasteiger partial charge in [-0.3, -0.25) is 0 Å². The molecule has 0 spiro atoms. The number of ether oxygens (including phenoxy) is 1. The third-order valence-electron chi connectivity index (χ3n) is 4.50. The molecule has 0 aliphatic carbocycles. The van der Waals surface area contributed by atoms with Gasteiger partial charge < -0.3 is 15.4 Å². The van der Waals surface area contributed by atoms with Crippen LogP contribution in [0.3, 0.4) is 0 Å². The zero-order chi connectivity index (χ0) is 21.2. The predicted molar refractivity (Wildman–Crippen MR) is 134 cm³/mol. The Hall–Kier alpha value is -2.87. The number of methoxy groups -OCH3 is 1. The van der Waals surface area contributed by atoms with E-state index in [-0.39, 0.29) is 0 Å². The number of nitrogens with zero attached hydrogens (tertiary/aromatic N) is 2. The number of fused-ring (bicyclic) bond motifs is 1. The smallest absolute Gasteiger partial charge is 0.225 e. The minimum atomic E-state index is 0.595. The van der Waals surface area contributed by atoms with Crippen LogP contribution in [0.5, 0.6) is 5.75 Å². The fourth-order valence-electron chi connectivity index (χ4n) is 3.01. The molecule has 0 unspecified atom stereocenters. The summed E-state index contributed by atoms with van der Waals surface area (Å²) >= 11 is 2.15. The van der Waals surface area contributed by atoms with Crippen LogP contribution in [0.2, 0.25) is 0 Å². The molecule has 0 radical (unpaired) electrons. The Morgan fingerprint density at radius 3 is 1.97 bits per heavy atom. The molecule has 6 heteroatoms. The molecule has 4 aromatic rings. The molecule has 0 fully saturated rings. The van der Waals surface area contributed by atoms with E-state index < -0.39 is 0 Å². The molecule has 0 saturated heterocycles. The lowest BCUT2D eigenvalue weighted by Gasteiger charge is -2.13. The SMILES string of the molecule is CI.COc1ccc2nc(NCc3ccccc3)nc(NCc3ccccc3)c2c1. The zero-order valence-corrected chi connectivity index (χ0v) is 19.3. The Labute approximate surface area is 191 Å². The maximum Gasteiger partial charge on any atom is 0.225 e. The molecule has 3 aromatic carbocycles. The van der Waals surface area contributed by atoms with Crippen molar-refractivity contribution in [2.45, 2.75) is 13.1 Å². The zero-order valence-electron chi connectivity index (χ0n) is 17.1. The van der Waals surface area contributed by atoms with Gasteiger partial charge in [0.05, 0.1) is 12.6 Å². The second kappa shape index (κ2) is 11.3. The lowest BCUT2D eigenvalue weighted by atomic mass is 10.2. The van der Waals surface area contributed by atoms with Crippen LogP contribution >= 0.6 is 22.6 Å². The van der Waals surface area contributed by atoms with Gasteiger partial charge in [-0.2, -0.15) is 4.98 Å². The second-order valence-corrected chi connectivity index (χ2v) is 6.46. The molecule has 2 N–H and O–H groups in total. The number of halogens is 1. The number of benzene rings is 3. The summed E-state index contributed by atoms with van der Waals surface area (Å²) in [6, 6.07) is 26.3. The first-order chi connectivity index (χ1) is 14.8. The fraction of sp³-hybridized carbons (Fsp3) is 0.167. The molecular formula is C24H25IN4O. The van der Waals surface area contributed by atoms with Crippen molar-refractivity contribution in [1.29, 1.82) is 0 Å². The van der Waals surface area contributed by atoms with Crippen molar-refractivity contribution in [3.8, 4) is 5.75 Å². The normalized spacial score (nSPS) is 10.1. The Morgan fingerprint density at radius 1 is 0.767 bits per heavy atom. The van der Waals surface area contributed by atoms with Gasteiger partial charge in [-0.1, -0.05) is 83.3 Å². The molecule has 0 atom stereocenters. The molecule has 30 heavy (non-hydrogen) atoms. The molecule has 1 aromatic heterocycles. The van der Waals surface area contributed by atoms with Crippen molar-refractivity contribution in [2.24, 2.45) is 0 Å². The van der Waals surface area contributed by atoms with Gasteiger partial charge in [-0.25, -0.2) is 4.98 Å². The van der Waals surface area contributed by atoms with Gasteiger partial charge in [-0.05, 0) is 34.3 Å². The van der Waals surface area contributed by atoms with Gasteiger partial charge in [0.1, 0.15) is 11.6 Å². The van der Waals surface area contributed by atoms with E-state index in [1.807, 2.05) is 59.5 Å². The van der Waals surface area contributed by atoms with Crippen LogP contribution in [0.25, 0.3) is 10.9 Å². The van der Waals surface area contributed by atoms with E-state index >= 15 is 0 Å². The van der Waals surface area contributed by atoms with Crippen molar-refractivity contribution >= 4 is 45.3 Å². The van der Waals surface area contributed by atoms with Crippen LogP contribution in [0.1, 0.15) is 11.1 Å². The van der Waals surface area contributed by atoms with E-state index in [1.54, 1.807) is 7.11 Å². The van der Waals surface area contributed by atoms with Crippen molar-refractivity contribution in [3.63, 3.8) is 0 Å². The van der Waals surface area contributed by atoms with E-state index in [0.29, 0.717) is 19.0 Å². The molecule has 0 saturated carbocycles. The quantitative estimate of drug-likeness (QED) is 0.238. The van der Waals surface area contributed by atoms with Crippen molar-refractivity contribution in [2.75, 3.05) is 22.7 Å². The summed E-state index contributed by atoms with van der Waals surface area (Å²) in [5.41, 5.74) is 3.23. The standard InChI is InChI=1S/C23H22N4O.CH3I/c1-28-19-12-13-21-20(14-19)22(24-15-17-8-4-2-5-9-17)27-23(26-21)25-16-18-10-6-3-7-11-18;1-2/h2-14H,15-16H2,1H3,(H2,24,25,26,27);1H3. The molecule has 0 bridgehead atoms. The third kappa shape index (κ3) is 5.82. The van der Waals surface area contributed by atoms with Crippen molar-refractivity contribution < 1.29 is 4.74 Å². The van der Waals surface area contributed by atoms with E-state index in [9.17, 15) is 0 Å². The average molecular weight is 512 g/mol. The van der Waals surface area contributed by atoms with Gasteiger partial charge in [-0.15, -0.1) is 0 Å². The van der Waals surface area contributed by atoms with E-state index in [1.165, 1.54) is 11.1 Å². The summed E-state index contributed by atoms with van der Waals surface area (Å²) in [6.45, 7) is 1.35. The summed E-state index contributed by atoms with van der Waals surface area (Å²) in [4.78, 5) is 11.4. The number of hydrogen-bond acceptors (Lipinski definition) is 5. The molecule has 154 valence electrons. The number of rotatable bonds is 7. The van der Waals surface area contributed by atoms with Crippen LogP contribution in [0.4, 0.5) is 11.8 Å². The van der Waals surface area contributed by atoms with Gasteiger partial charge in [0.25, 0.3) is 0 Å². The highest BCUT2D eigenvalue weighted by molar-refractivity contribution is 14.1. The molecule has 5 nitrogen and oxygen atoms in total. The van der Waals surface area contributed by atoms with Crippen LogP contribution in [-0.2, 0) is 13.1 Å². The predicted octanol–water partition coefficient (Wildman–Crippen LogP) is 5.91. The summed E-state index contributed by atoms with van der Waals surface area (Å²) in [6.07, 6.45) is 0. The minimum Gasteiger partial charge on any atom is -0.497 e. The number of hydrogen-bond donors (Lipinski definition) is 2. The van der Waals surface area contributed by atoms with Crippen LogP contribution in [0, 0.1) is 0 Å². The maximum absolute atomic E-state index is 5.38. The van der Waals surface area contributed by atoms with Gasteiger partial charge in [0, 0.05) is 18.5 Å². The van der Waals surface area contributed by atoms with Crippen molar-refractivity contribution in [3.05, 3.63) is 90.0 Å². The first-order valence-corrected chi connectivity index (χ1v) is 11.8. The van der Waals surface area contributed by atoms with Crippen molar-refractivity contribution in [1.82, 2.24) is 9.97 Å². The summed E-state index contributed by atoms with van der Waals surface area (Å²) in [5.74, 6) is 2.16. The number of alkyl halides is 1. The van der Waals surface area contributed by atoms with Gasteiger partial charge in [0.2, 0.25) is 5.95 Å². The average Bonchev–Trinajstić information content (AvgIpc) is 2.83. The van der Waals surface area contributed by atoms with Crippen LogP contribution in [-0.4, -0.2) is 22.0 Å². The Morgan fingerprint density at radius 2 is 1.37 bits per heavy atom. The molecule has 0 amide bonds. The lowest BCUT2D eigenvalue weighted by Crippen LogP contribution is -2.08. The first-order valence-electron chi connectivity index (χ1n) is 9.61. The highest BCUT2D eigenvalue weighted by atomic mass is 127. The third-order valence-corrected chi connectivity index (χ3v) is 4.50. The summed E-state index contributed by atoms with van der Waals surface area (Å²) in [7, 11) is 1.66. The second-order valence-electron chi connectivity index (χ2n) is 6.46. The largest absolute Gasteiger partial charge is 0.497 e. The molecule has 0 aliphatic heterocycles. The number of anilines is 2. The maximum atomic E-state index is 5.38. The van der Waals surface area contributed by atoms with E-state index in [0.717, 1.165) is 22.5 Å². The van der Waals surface area contributed by atoms with Crippen LogP contribution < -0.4 is 15.4 Å². The monoisotopic (exact) mass is 512 g/mol. The van der Waals surface area contributed by atoms with Gasteiger partial charge >= 0.3 is 0 Å². The molecule has 1 heterocycles. The Balaban J connectivity index is 0.00000124. The minimum absolute atomic E-state index is 0.595. The Kier molecular flexibility index (Phi) is 8.26. The first kappa shape index (κ1) is 21.8. The number of nitrogens with one attached hydrogen (secondary N) is 2. The molecule has 4 rings (SSSR count). The van der Waals surface area contributed by atoms with E-state index in [2.05, 4.69) is 62.5 Å². The van der Waals surface area contributed by atoms with Crippen LogP contribution in [0.15, 0.2) is 78.9 Å². The van der Waals surface area contributed by atoms with E-state index in [4.69, 9.17) is 9.72 Å².